The van der Waals surface area contributed by atoms with Gasteiger partial charge in [0.25, 0.3) is 5.89 Å². The Morgan fingerprint density at radius 1 is 1.10 bits per heavy atom. The molecule has 0 saturated carbocycles. The third-order valence-electron chi connectivity index (χ3n) is 5.40. The molecule has 0 bridgehead atoms. The van der Waals surface area contributed by atoms with Crippen LogP contribution in [0.5, 0.6) is 0 Å². The Hall–Kier alpha value is -2.67. The highest BCUT2D eigenvalue weighted by Crippen LogP contribution is 2.33. The molecule has 1 saturated heterocycles. The van der Waals surface area contributed by atoms with Crippen LogP contribution in [0.15, 0.2) is 47.1 Å². The lowest BCUT2D eigenvalue weighted by molar-refractivity contribution is -0.0441. The van der Waals surface area contributed by atoms with Gasteiger partial charge in [0.15, 0.2) is 6.29 Å². The van der Waals surface area contributed by atoms with Crippen molar-refractivity contribution in [1.82, 2.24) is 14.7 Å². The molecule has 0 N–H and O–H groups in total. The molecule has 2 aromatic heterocycles. The van der Waals surface area contributed by atoms with Crippen molar-refractivity contribution in [2.75, 3.05) is 13.2 Å². The van der Waals surface area contributed by atoms with Crippen molar-refractivity contribution in [3.63, 3.8) is 0 Å². The van der Waals surface area contributed by atoms with E-state index in [4.69, 9.17) is 25.6 Å². The first-order valence-corrected chi connectivity index (χ1v) is 10.4. The molecular weight excluding hydrogens is 402 g/mol. The van der Waals surface area contributed by atoms with Gasteiger partial charge in [0.1, 0.15) is 0 Å². The van der Waals surface area contributed by atoms with Gasteiger partial charge in [-0.1, -0.05) is 35.0 Å². The topological polar surface area (TPSA) is 62.3 Å². The smallest absolute Gasteiger partial charge is 0.258 e. The highest BCUT2D eigenvalue weighted by atomic mass is 35.5. The molecule has 1 aliphatic rings. The van der Waals surface area contributed by atoms with Gasteiger partial charge in [-0.05, 0) is 44.5 Å². The summed E-state index contributed by atoms with van der Waals surface area (Å²) in [7, 11) is 0. The van der Waals surface area contributed by atoms with E-state index in [-0.39, 0.29) is 6.29 Å². The molecule has 2 aromatic carbocycles. The average Bonchev–Trinajstić information content (AvgIpc) is 3.48. The molecule has 3 heterocycles. The molecule has 0 radical (unpaired) electrons. The number of fused-ring (bicyclic) bond motifs is 1. The van der Waals surface area contributed by atoms with Gasteiger partial charge in [-0.2, -0.15) is 4.98 Å². The fraction of sp³-hybridized carbons (Fsp3) is 0.304. The van der Waals surface area contributed by atoms with Crippen molar-refractivity contribution in [2.24, 2.45) is 0 Å². The third-order valence-corrected chi connectivity index (χ3v) is 5.70. The van der Waals surface area contributed by atoms with Gasteiger partial charge in [0, 0.05) is 39.8 Å². The fourth-order valence-electron chi connectivity index (χ4n) is 3.86. The second kappa shape index (κ2) is 7.54. The van der Waals surface area contributed by atoms with Gasteiger partial charge in [0.05, 0.1) is 18.2 Å². The van der Waals surface area contributed by atoms with Gasteiger partial charge in [-0.25, -0.2) is 0 Å². The van der Waals surface area contributed by atoms with Gasteiger partial charge >= 0.3 is 0 Å². The first kappa shape index (κ1) is 19.3. The highest BCUT2D eigenvalue weighted by Gasteiger charge is 2.20. The Labute approximate surface area is 179 Å². The zero-order valence-electron chi connectivity index (χ0n) is 17.1. The molecule has 30 heavy (non-hydrogen) atoms. The summed E-state index contributed by atoms with van der Waals surface area (Å²) in [5.74, 6) is 1.01. The van der Waals surface area contributed by atoms with Crippen LogP contribution in [0, 0.1) is 6.92 Å². The number of hydrogen-bond acceptors (Lipinski definition) is 5. The van der Waals surface area contributed by atoms with E-state index in [0.29, 0.717) is 36.0 Å². The molecule has 154 valence electrons. The van der Waals surface area contributed by atoms with E-state index < -0.39 is 0 Å². The molecule has 7 heteroatoms. The summed E-state index contributed by atoms with van der Waals surface area (Å²) < 4.78 is 18.9. The summed E-state index contributed by atoms with van der Waals surface area (Å²) >= 11 is 6.46. The number of nitrogens with zero attached hydrogens (tertiary/aromatic N) is 3. The molecule has 4 aromatic rings. The number of aryl methyl sites for hydroxylation is 1. The van der Waals surface area contributed by atoms with E-state index >= 15 is 0 Å². The Kier molecular flexibility index (Phi) is 4.85. The van der Waals surface area contributed by atoms with Crippen molar-refractivity contribution in [1.29, 1.82) is 0 Å². The Bertz CT molecular complexity index is 1220. The number of ether oxygens (including phenoxy) is 2. The van der Waals surface area contributed by atoms with E-state index in [1.807, 2.05) is 49.5 Å². The average molecular weight is 424 g/mol. The van der Waals surface area contributed by atoms with E-state index in [1.165, 1.54) is 0 Å². The molecule has 0 spiro atoms. The molecule has 0 unspecified atom stereocenters. The highest BCUT2D eigenvalue weighted by molar-refractivity contribution is 6.35. The number of hydrogen-bond donors (Lipinski definition) is 0. The quantitative estimate of drug-likeness (QED) is 0.406. The monoisotopic (exact) mass is 423 g/mol. The minimum Gasteiger partial charge on any atom is -0.346 e. The third kappa shape index (κ3) is 3.31. The van der Waals surface area contributed by atoms with Crippen LogP contribution in [0.2, 0.25) is 5.02 Å². The van der Waals surface area contributed by atoms with Crippen LogP contribution >= 0.6 is 11.6 Å². The summed E-state index contributed by atoms with van der Waals surface area (Å²) in [5, 5.41) is 5.88. The summed E-state index contributed by atoms with van der Waals surface area (Å²) in [6.45, 7) is 7.52. The maximum absolute atomic E-state index is 6.46. The normalized spacial score (nSPS) is 15.0. The van der Waals surface area contributed by atoms with Gasteiger partial charge in [-0.3, -0.25) is 0 Å². The molecule has 5 rings (SSSR count). The number of halogens is 1. The molecular formula is C23H22ClN3O3. The molecule has 1 fully saturated rings. The molecule has 0 atom stereocenters. The number of aromatic nitrogens is 3. The Morgan fingerprint density at radius 3 is 2.63 bits per heavy atom. The summed E-state index contributed by atoms with van der Waals surface area (Å²) in [5.41, 5.74) is 4.86. The van der Waals surface area contributed by atoms with E-state index in [2.05, 4.69) is 28.6 Å². The second-order valence-electron chi connectivity index (χ2n) is 7.78. The minimum absolute atomic E-state index is 0.298. The lowest BCUT2D eigenvalue weighted by Gasteiger charge is -2.11. The molecule has 1 aliphatic heterocycles. The first-order valence-electron chi connectivity index (χ1n) is 9.99. The summed E-state index contributed by atoms with van der Waals surface area (Å²) in [6, 6.07) is 12.4. The van der Waals surface area contributed by atoms with Crippen molar-refractivity contribution in [3.8, 4) is 22.8 Å². The predicted molar refractivity (Wildman–Crippen MR) is 115 cm³/mol. The van der Waals surface area contributed by atoms with Crippen LogP contribution in [0.1, 0.15) is 37.3 Å². The van der Waals surface area contributed by atoms with Crippen LogP contribution in [-0.2, 0) is 9.47 Å². The van der Waals surface area contributed by atoms with Crippen molar-refractivity contribution >= 4 is 22.5 Å². The number of rotatable bonds is 4. The lowest BCUT2D eigenvalue weighted by Crippen LogP contribution is -1.99. The van der Waals surface area contributed by atoms with Crippen LogP contribution in [0.4, 0.5) is 0 Å². The van der Waals surface area contributed by atoms with Crippen LogP contribution < -0.4 is 0 Å². The fourth-order valence-corrected chi connectivity index (χ4v) is 4.12. The van der Waals surface area contributed by atoms with Crippen molar-refractivity contribution in [2.45, 2.75) is 33.1 Å². The first-order chi connectivity index (χ1) is 14.5. The SMILES string of the molecule is Cc1cc(C2OCCO2)ccc1-c1noc(-c2ccc3c(c2)c(Cl)cn3C(C)C)n1. The maximum atomic E-state index is 6.46. The maximum Gasteiger partial charge on any atom is 0.258 e. The molecule has 6 nitrogen and oxygen atoms in total. The van der Waals surface area contributed by atoms with Crippen molar-refractivity contribution in [3.05, 3.63) is 58.7 Å². The van der Waals surface area contributed by atoms with E-state index in [9.17, 15) is 0 Å². The van der Waals surface area contributed by atoms with E-state index in [1.54, 1.807) is 0 Å². The zero-order valence-corrected chi connectivity index (χ0v) is 17.8. The van der Waals surface area contributed by atoms with Gasteiger partial charge < -0.3 is 18.6 Å². The lowest BCUT2D eigenvalue weighted by atomic mass is 10.0. The predicted octanol–water partition coefficient (Wildman–Crippen LogP) is 5.95. The largest absolute Gasteiger partial charge is 0.346 e. The minimum atomic E-state index is -0.298. The summed E-state index contributed by atoms with van der Waals surface area (Å²) in [6.07, 6.45) is 1.66. The van der Waals surface area contributed by atoms with Crippen LogP contribution in [0.3, 0.4) is 0 Å². The van der Waals surface area contributed by atoms with E-state index in [0.717, 1.165) is 33.2 Å². The Morgan fingerprint density at radius 2 is 1.90 bits per heavy atom. The van der Waals surface area contributed by atoms with Crippen LogP contribution in [0.25, 0.3) is 33.7 Å². The number of benzene rings is 2. The zero-order chi connectivity index (χ0) is 20.8. The molecule has 0 amide bonds. The summed E-state index contributed by atoms with van der Waals surface area (Å²) in [4.78, 5) is 4.63. The standard InChI is InChI=1S/C23H22ClN3O3/c1-13(2)27-12-19(24)18-11-15(5-7-20(18)27)22-25-21(26-30-22)17-6-4-16(10-14(17)3)23-28-8-9-29-23/h4-7,10-13,23H,8-9H2,1-3H3. The second-order valence-corrected chi connectivity index (χ2v) is 8.19. The molecule has 0 aliphatic carbocycles. The Balaban J connectivity index is 1.47. The van der Waals surface area contributed by atoms with Crippen LogP contribution in [-0.4, -0.2) is 27.9 Å². The van der Waals surface area contributed by atoms with Crippen molar-refractivity contribution < 1.29 is 14.0 Å². The van der Waals surface area contributed by atoms with Gasteiger partial charge in [0.2, 0.25) is 5.82 Å². The van der Waals surface area contributed by atoms with Gasteiger partial charge in [-0.15, -0.1) is 0 Å².